The molecule has 0 saturated carbocycles. The quantitative estimate of drug-likeness (QED) is 0.617. The number of allylic oxidation sites excluding steroid dienone is 2. The minimum absolute atomic E-state index is 0.139. The average molecular weight is 164 g/mol. The van der Waals surface area contributed by atoms with Gasteiger partial charge < -0.3 is 5.32 Å². The van der Waals surface area contributed by atoms with E-state index in [9.17, 15) is 4.79 Å². The Hall–Kier alpha value is -1.12. The summed E-state index contributed by atoms with van der Waals surface area (Å²) in [6.07, 6.45) is 5.75. The second-order valence-corrected chi connectivity index (χ2v) is 3.19. The number of carbonyl (C=O) groups is 1. The summed E-state index contributed by atoms with van der Waals surface area (Å²) in [4.78, 5) is 15.1. The van der Waals surface area contributed by atoms with Gasteiger partial charge in [0.05, 0.1) is 0 Å². The van der Waals surface area contributed by atoms with Gasteiger partial charge in [0.1, 0.15) is 0 Å². The lowest BCUT2D eigenvalue weighted by molar-refractivity contribution is -0.118. The van der Waals surface area contributed by atoms with E-state index in [4.69, 9.17) is 0 Å². The van der Waals surface area contributed by atoms with E-state index >= 15 is 0 Å². The fraction of sp³-hybridized carbons (Fsp3) is 0.556. The van der Waals surface area contributed by atoms with Gasteiger partial charge in [-0.1, -0.05) is 0 Å². The number of amides is 1. The van der Waals surface area contributed by atoms with Gasteiger partial charge in [0, 0.05) is 24.4 Å². The summed E-state index contributed by atoms with van der Waals surface area (Å²) in [5.74, 6) is 0.139. The highest BCUT2D eigenvalue weighted by Gasteiger charge is 2.15. The first-order chi connectivity index (χ1) is 5.84. The van der Waals surface area contributed by atoms with Gasteiger partial charge in [-0.25, -0.2) is 0 Å². The van der Waals surface area contributed by atoms with Crippen LogP contribution in [0.1, 0.15) is 25.7 Å². The van der Waals surface area contributed by atoms with Crippen molar-refractivity contribution in [2.45, 2.75) is 25.7 Å². The first-order valence-corrected chi connectivity index (χ1v) is 4.38. The standard InChI is InChI=1S/C9H12N2O/c12-9-4-3-8(11-9)6-7-2-1-5-10-7/h6H,1-5H2,(H,11,12)/b8-6-. The molecule has 1 saturated heterocycles. The van der Waals surface area contributed by atoms with Gasteiger partial charge in [-0.15, -0.1) is 0 Å². The van der Waals surface area contributed by atoms with Crippen LogP contribution in [0.25, 0.3) is 0 Å². The molecule has 12 heavy (non-hydrogen) atoms. The Morgan fingerprint density at radius 1 is 1.33 bits per heavy atom. The predicted molar refractivity (Wildman–Crippen MR) is 47.0 cm³/mol. The Morgan fingerprint density at radius 2 is 2.25 bits per heavy atom. The SMILES string of the molecule is O=C1CC/C(=C/C2=NCCC2)N1. The van der Waals surface area contributed by atoms with Crippen LogP contribution in [0, 0.1) is 0 Å². The highest BCUT2D eigenvalue weighted by molar-refractivity contribution is 5.97. The van der Waals surface area contributed by atoms with Gasteiger partial charge in [0.2, 0.25) is 5.91 Å². The van der Waals surface area contributed by atoms with Crippen molar-refractivity contribution in [2.24, 2.45) is 4.99 Å². The Kier molecular flexibility index (Phi) is 1.94. The van der Waals surface area contributed by atoms with Crippen molar-refractivity contribution in [3.8, 4) is 0 Å². The fourth-order valence-corrected chi connectivity index (χ4v) is 1.54. The van der Waals surface area contributed by atoms with Gasteiger partial charge in [-0.05, 0) is 25.3 Å². The van der Waals surface area contributed by atoms with E-state index in [2.05, 4.69) is 10.3 Å². The van der Waals surface area contributed by atoms with Crippen molar-refractivity contribution < 1.29 is 4.79 Å². The fourth-order valence-electron chi connectivity index (χ4n) is 1.54. The van der Waals surface area contributed by atoms with Gasteiger partial charge in [-0.2, -0.15) is 0 Å². The molecule has 2 rings (SSSR count). The number of hydrogen-bond acceptors (Lipinski definition) is 2. The van der Waals surface area contributed by atoms with Crippen LogP contribution in [0.5, 0.6) is 0 Å². The third-order valence-corrected chi connectivity index (χ3v) is 2.17. The van der Waals surface area contributed by atoms with Crippen LogP contribution >= 0.6 is 0 Å². The van der Waals surface area contributed by atoms with Gasteiger partial charge in [0.25, 0.3) is 0 Å². The van der Waals surface area contributed by atoms with Crippen molar-refractivity contribution in [2.75, 3.05) is 6.54 Å². The van der Waals surface area contributed by atoms with E-state index in [1.54, 1.807) is 0 Å². The minimum Gasteiger partial charge on any atom is -0.330 e. The van der Waals surface area contributed by atoms with Crippen molar-refractivity contribution >= 4 is 11.6 Å². The first kappa shape index (κ1) is 7.53. The van der Waals surface area contributed by atoms with E-state index < -0.39 is 0 Å². The van der Waals surface area contributed by atoms with E-state index in [1.165, 1.54) is 0 Å². The van der Waals surface area contributed by atoms with Crippen LogP contribution in [-0.4, -0.2) is 18.2 Å². The molecule has 0 unspecified atom stereocenters. The average Bonchev–Trinajstić information content (AvgIpc) is 2.63. The molecule has 1 N–H and O–H groups in total. The molecule has 1 amide bonds. The molecule has 3 nitrogen and oxygen atoms in total. The Morgan fingerprint density at radius 3 is 2.83 bits per heavy atom. The maximum Gasteiger partial charge on any atom is 0.224 e. The van der Waals surface area contributed by atoms with Gasteiger partial charge >= 0.3 is 0 Å². The molecule has 0 aromatic heterocycles. The summed E-state index contributed by atoms with van der Waals surface area (Å²) in [5, 5.41) is 2.82. The van der Waals surface area contributed by atoms with Crippen molar-refractivity contribution in [1.29, 1.82) is 0 Å². The van der Waals surface area contributed by atoms with E-state index in [0.29, 0.717) is 6.42 Å². The van der Waals surface area contributed by atoms with Gasteiger partial charge in [0.15, 0.2) is 0 Å². The lowest BCUT2D eigenvalue weighted by Gasteiger charge is -1.95. The molecule has 2 aliphatic heterocycles. The first-order valence-electron chi connectivity index (χ1n) is 4.38. The molecule has 0 bridgehead atoms. The predicted octanol–water partition coefficient (Wildman–Crippen LogP) is 1.02. The normalized spacial score (nSPS) is 26.2. The van der Waals surface area contributed by atoms with E-state index in [-0.39, 0.29) is 5.91 Å². The van der Waals surface area contributed by atoms with Crippen molar-refractivity contribution in [3.63, 3.8) is 0 Å². The Balaban J connectivity index is 2.03. The van der Waals surface area contributed by atoms with Crippen LogP contribution in [0.15, 0.2) is 16.8 Å². The van der Waals surface area contributed by atoms with Crippen LogP contribution in [0.3, 0.4) is 0 Å². The second kappa shape index (κ2) is 3.09. The second-order valence-electron chi connectivity index (χ2n) is 3.19. The zero-order valence-corrected chi connectivity index (χ0v) is 6.97. The lowest BCUT2D eigenvalue weighted by atomic mass is 10.2. The van der Waals surface area contributed by atoms with Crippen LogP contribution < -0.4 is 5.32 Å². The Labute approximate surface area is 71.6 Å². The highest BCUT2D eigenvalue weighted by Crippen LogP contribution is 2.13. The molecule has 0 aromatic carbocycles. The Bertz CT molecular complexity index is 266. The maximum absolute atomic E-state index is 10.8. The number of carbonyl (C=O) groups excluding carboxylic acids is 1. The summed E-state index contributed by atoms with van der Waals surface area (Å²) in [6, 6.07) is 0. The molecule has 3 heteroatoms. The molecular formula is C9H12N2O. The largest absolute Gasteiger partial charge is 0.330 e. The highest BCUT2D eigenvalue weighted by atomic mass is 16.1. The summed E-state index contributed by atoms with van der Waals surface area (Å²) in [5.41, 5.74) is 2.19. The summed E-state index contributed by atoms with van der Waals surface area (Å²) in [6.45, 7) is 0.951. The van der Waals surface area contributed by atoms with E-state index in [1.807, 2.05) is 6.08 Å². The topological polar surface area (TPSA) is 41.5 Å². The summed E-state index contributed by atoms with van der Waals surface area (Å²) in [7, 11) is 0. The summed E-state index contributed by atoms with van der Waals surface area (Å²) >= 11 is 0. The van der Waals surface area contributed by atoms with Crippen LogP contribution in [0.4, 0.5) is 0 Å². The summed E-state index contributed by atoms with van der Waals surface area (Å²) < 4.78 is 0. The maximum atomic E-state index is 10.8. The molecule has 0 aromatic rings. The number of nitrogens with zero attached hydrogens (tertiary/aromatic N) is 1. The van der Waals surface area contributed by atoms with Crippen molar-refractivity contribution in [3.05, 3.63) is 11.8 Å². The molecule has 0 radical (unpaired) electrons. The number of rotatable bonds is 1. The number of nitrogens with one attached hydrogen (secondary N) is 1. The molecule has 0 spiro atoms. The van der Waals surface area contributed by atoms with Crippen LogP contribution in [-0.2, 0) is 4.79 Å². The third-order valence-electron chi connectivity index (χ3n) is 2.17. The minimum atomic E-state index is 0.139. The lowest BCUT2D eigenvalue weighted by Crippen LogP contribution is -2.12. The number of hydrogen-bond donors (Lipinski definition) is 1. The third kappa shape index (κ3) is 1.55. The van der Waals surface area contributed by atoms with Crippen LogP contribution in [0.2, 0.25) is 0 Å². The smallest absolute Gasteiger partial charge is 0.224 e. The molecule has 2 heterocycles. The van der Waals surface area contributed by atoms with E-state index in [0.717, 1.165) is 37.2 Å². The number of aliphatic imine (C=N–C) groups is 1. The monoisotopic (exact) mass is 164 g/mol. The van der Waals surface area contributed by atoms with Crippen molar-refractivity contribution in [1.82, 2.24) is 5.32 Å². The molecule has 2 aliphatic rings. The molecule has 0 aliphatic carbocycles. The molecule has 1 fully saturated rings. The molecular weight excluding hydrogens is 152 g/mol. The zero-order chi connectivity index (χ0) is 8.39. The molecule has 64 valence electrons. The zero-order valence-electron chi connectivity index (χ0n) is 6.97. The molecule has 0 atom stereocenters. The van der Waals surface area contributed by atoms with Gasteiger partial charge in [-0.3, -0.25) is 9.79 Å².